The van der Waals surface area contributed by atoms with E-state index in [9.17, 15) is 4.79 Å². The van der Waals surface area contributed by atoms with Crippen LogP contribution in [-0.2, 0) is 4.79 Å². The van der Waals surface area contributed by atoms with E-state index in [4.69, 9.17) is 4.99 Å². The first kappa shape index (κ1) is 21.0. The van der Waals surface area contributed by atoms with Crippen LogP contribution in [0.4, 0.5) is 0 Å². The molecule has 2 aliphatic heterocycles. The van der Waals surface area contributed by atoms with Crippen molar-refractivity contribution in [3.8, 4) is 0 Å². The van der Waals surface area contributed by atoms with Crippen LogP contribution in [-0.4, -0.2) is 99.1 Å². The van der Waals surface area contributed by atoms with E-state index in [0.29, 0.717) is 12.3 Å². The van der Waals surface area contributed by atoms with Gasteiger partial charge >= 0.3 is 0 Å². The Morgan fingerprint density at radius 1 is 1.04 bits per heavy atom. The Bertz CT molecular complexity index is 439. The Balaban J connectivity index is 1.75. The maximum Gasteiger partial charge on any atom is 0.220 e. The van der Waals surface area contributed by atoms with Crippen molar-refractivity contribution >= 4 is 11.9 Å². The second-order valence-corrected chi connectivity index (χ2v) is 7.32. The summed E-state index contributed by atoms with van der Waals surface area (Å²) in [4.78, 5) is 23.8. The van der Waals surface area contributed by atoms with Crippen LogP contribution >= 0.6 is 0 Å². The molecule has 150 valence electrons. The van der Waals surface area contributed by atoms with Gasteiger partial charge in [-0.25, -0.2) is 0 Å². The van der Waals surface area contributed by atoms with E-state index < -0.39 is 0 Å². The number of piperazine rings is 1. The zero-order valence-corrected chi connectivity index (χ0v) is 17.0. The van der Waals surface area contributed by atoms with Gasteiger partial charge in [0.05, 0.1) is 6.54 Å². The fourth-order valence-corrected chi connectivity index (χ4v) is 3.77. The van der Waals surface area contributed by atoms with Crippen molar-refractivity contribution in [3.05, 3.63) is 0 Å². The van der Waals surface area contributed by atoms with Gasteiger partial charge < -0.3 is 20.4 Å². The maximum absolute atomic E-state index is 11.6. The molecule has 0 aromatic heterocycles. The molecule has 0 aliphatic carbocycles. The number of nitrogens with zero attached hydrogens (tertiary/aromatic N) is 4. The number of likely N-dealkylation sites (tertiary alicyclic amines) is 1. The molecule has 7 heteroatoms. The summed E-state index contributed by atoms with van der Waals surface area (Å²) in [7, 11) is 1.72. The first-order valence-corrected chi connectivity index (χ1v) is 10.3. The van der Waals surface area contributed by atoms with Crippen LogP contribution in [0.1, 0.15) is 33.1 Å². The Morgan fingerprint density at radius 3 is 2.27 bits per heavy atom. The number of guanidine groups is 1. The minimum Gasteiger partial charge on any atom is -0.359 e. The van der Waals surface area contributed by atoms with E-state index in [1.807, 2.05) is 0 Å². The van der Waals surface area contributed by atoms with Crippen molar-refractivity contribution in [2.75, 3.05) is 72.5 Å². The minimum atomic E-state index is 0.159. The summed E-state index contributed by atoms with van der Waals surface area (Å²) in [6.07, 6.45) is 2.79. The maximum atomic E-state index is 11.6. The molecular formula is C19H38N6O. The summed E-state index contributed by atoms with van der Waals surface area (Å²) in [5.74, 6) is 1.70. The first-order valence-electron chi connectivity index (χ1n) is 10.3. The summed E-state index contributed by atoms with van der Waals surface area (Å²) in [5, 5.41) is 6.18. The van der Waals surface area contributed by atoms with Crippen LogP contribution < -0.4 is 10.6 Å². The molecule has 2 saturated heterocycles. The second kappa shape index (κ2) is 11.4. The third-order valence-electron chi connectivity index (χ3n) is 5.59. The number of nitrogens with one attached hydrogen (secondary N) is 2. The normalized spacial score (nSPS) is 21.0. The number of carbonyl (C=O) groups is 1. The lowest BCUT2D eigenvalue weighted by atomic mass is 9.93. The van der Waals surface area contributed by atoms with Crippen molar-refractivity contribution in [2.24, 2.45) is 10.9 Å². The number of hydrogen-bond acceptors (Lipinski definition) is 4. The molecular weight excluding hydrogens is 328 g/mol. The summed E-state index contributed by atoms with van der Waals surface area (Å²) in [6.45, 7) is 15.0. The fraction of sp³-hybridized carbons (Fsp3) is 0.895. The van der Waals surface area contributed by atoms with Gasteiger partial charge in [0.25, 0.3) is 0 Å². The molecule has 0 saturated carbocycles. The fourth-order valence-electron chi connectivity index (χ4n) is 3.77. The van der Waals surface area contributed by atoms with Gasteiger partial charge in [0.2, 0.25) is 5.91 Å². The first-order chi connectivity index (χ1) is 12.7. The zero-order chi connectivity index (χ0) is 18.8. The van der Waals surface area contributed by atoms with Crippen LogP contribution in [0, 0.1) is 5.92 Å². The predicted octanol–water partition coefficient (Wildman–Crippen LogP) is 0.438. The number of piperidine rings is 1. The second-order valence-electron chi connectivity index (χ2n) is 7.32. The van der Waals surface area contributed by atoms with Crippen LogP contribution in [0.5, 0.6) is 0 Å². The molecule has 0 aromatic rings. The van der Waals surface area contributed by atoms with Crippen molar-refractivity contribution in [3.63, 3.8) is 0 Å². The number of carbonyl (C=O) groups excluding carboxylic acids is 1. The molecule has 2 aliphatic rings. The molecule has 7 nitrogen and oxygen atoms in total. The van der Waals surface area contributed by atoms with Gasteiger partial charge in [-0.1, -0.05) is 6.92 Å². The van der Waals surface area contributed by atoms with E-state index in [-0.39, 0.29) is 5.91 Å². The molecule has 26 heavy (non-hydrogen) atoms. The highest BCUT2D eigenvalue weighted by Crippen LogP contribution is 2.20. The highest BCUT2D eigenvalue weighted by Gasteiger charge is 2.23. The number of aliphatic imine (C=N–C) groups is 1. The van der Waals surface area contributed by atoms with Gasteiger partial charge in [-0.2, -0.15) is 0 Å². The summed E-state index contributed by atoms with van der Waals surface area (Å²) in [5.41, 5.74) is 0. The van der Waals surface area contributed by atoms with E-state index in [2.05, 4.69) is 39.2 Å². The minimum absolute atomic E-state index is 0.159. The molecule has 2 N–H and O–H groups in total. The van der Waals surface area contributed by atoms with Crippen molar-refractivity contribution in [1.29, 1.82) is 0 Å². The van der Waals surface area contributed by atoms with Gasteiger partial charge in [-0.3, -0.25) is 14.7 Å². The van der Waals surface area contributed by atoms with Crippen LogP contribution in [0.3, 0.4) is 0 Å². The number of rotatable bonds is 7. The Kier molecular flexibility index (Phi) is 9.18. The predicted molar refractivity (Wildman–Crippen MR) is 108 cm³/mol. The molecule has 2 rings (SSSR count). The lowest BCUT2D eigenvalue weighted by Gasteiger charge is -2.35. The quantitative estimate of drug-likeness (QED) is 0.506. The molecule has 0 bridgehead atoms. The third-order valence-corrected chi connectivity index (χ3v) is 5.59. The molecule has 0 spiro atoms. The average Bonchev–Trinajstić information content (AvgIpc) is 2.68. The van der Waals surface area contributed by atoms with Crippen LogP contribution in [0.15, 0.2) is 4.99 Å². The molecule has 0 unspecified atom stereocenters. The largest absolute Gasteiger partial charge is 0.359 e. The Hall–Kier alpha value is -1.34. The number of hydrogen-bond donors (Lipinski definition) is 2. The van der Waals surface area contributed by atoms with Crippen molar-refractivity contribution < 1.29 is 4.79 Å². The van der Waals surface area contributed by atoms with Crippen LogP contribution in [0.2, 0.25) is 0 Å². The monoisotopic (exact) mass is 366 g/mol. The molecule has 2 fully saturated rings. The number of likely N-dealkylation sites (N-methyl/N-ethyl adjacent to an activating group) is 1. The van der Waals surface area contributed by atoms with Gasteiger partial charge in [0.1, 0.15) is 0 Å². The molecule has 0 atom stereocenters. The third kappa shape index (κ3) is 6.76. The Labute approximate surface area is 159 Å². The zero-order valence-electron chi connectivity index (χ0n) is 17.0. The molecule has 1 amide bonds. The highest BCUT2D eigenvalue weighted by atomic mass is 16.1. The van der Waals surface area contributed by atoms with E-state index in [1.54, 1.807) is 7.05 Å². The van der Waals surface area contributed by atoms with Gasteiger partial charge in [0.15, 0.2) is 5.96 Å². The summed E-state index contributed by atoms with van der Waals surface area (Å²) in [6, 6.07) is 0. The highest BCUT2D eigenvalue weighted by molar-refractivity contribution is 5.80. The number of amides is 1. The van der Waals surface area contributed by atoms with E-state index >= 15 is 0 Å². The van der Waals surface area contributed by atoms with E-state index in [1.165, 1.54) is 13.1 Å². The summed E-state index contributed by atoms with van der Waals surface area (Å²) >= 11 is 0. The van der Waals surface area contributed by atoms with Crippen molar-refractivity contribution in [2.45, 2.75) is 33.1 Å². The van der Waals surface area contributed by atoms with Gasteiger partial charge in [0, 0.05) is 65.8 Å². The SMILES string of the molecule is CCNC(=NCCN1CCN(CC)CC1)N1CCC(CC(=O)NC)CC1. The van der Waals surface area contributed by atoms with E-state index in [0.717, 1.165) is 71.2 Å². The lowest BCUT2D eigenvalue weighted by Crippen LogP contribution is -2.48. The smallest absolute Gasteiger partial charge is 0.220 e. The average molecular weight is 367 g/mol. The van der Waals surface area contributed by atoms with Gasteiger partial charge in [-0.05, 0) is 32.2 Å². The molecule has 2 heterocycles. The molecule has 0 aromatic carbocycles. The summed E-state index contributed by atoms with van der Waals surface area (Å²) < 4.78 is 0. The standard InChI is InChI=1S/C19H38N6O/c1-4-21-19(22-8-11-24-14-12-23(5-2)13-15-24)25-9-6-17(7-10-25)16-18(26)20-3/h17H,4-16H2,1-3H3,(H,20,26)(H,21,22). The topological polar surface area (TPSA) is 63.2 Å². The van der Waals surface area contributed by atoms with Crippen molar-refractivity contribution in [1.82, 2.24) is 25.3 Å². The van der Waals surface area contributed by atoms with Gasteiger partial charge in [-0.15, -0.1) is 0 Å². The van der Waals surface area contributed by atoms with Crippen LogP contribution in [0.25, 0.3) is 0 Å². The molecule has 0 radical (unpaired) electrons. The Morgan fingerprint density at radius 2 is 1.69 bits per heavy atom. The lowest BCUT2D eigenvalue weighted by molar-refractivity contribution is -0.121.